The highest BCUT2D eigenvalue weighted by Gasteiger charge is 2.22. The summed E-state index contributed by atoms with van der Waals surface area (Å²) in [5.74, 6) is 0.809. The maximum absolute atomic E-state index is 12.1. The van der Waals surface area contributed by atoms with Crippen LogP contribution in [0, 0.1) is 0 Å². The first-order valence-electron chi connectivity index (χ1n) is 8.79. The van der Waals surface area contributed by atoms with Gasteiger partial charge in [0, 0.05) is 35.9 Å². The second-order valence-corrected chi connectivity index (χ2v) is 6.95. The van der Waals surface area contributed by atoms with Gasteiger partial charge in [-0.05, 0) is 24.5 Å². The number of nitrogens with zero attached hydrogens (tertiary/aromatic N) is 5. The zero-order valence-electron chi connectivity index (χ0n) is 15.6. The molecule has 0 saturated carbocycles. The first-order chi connectivity index (χ1) is 13.7. The smallest absolute Gasteiger partial charge is 0.356 e. The van der Waals surface area contributed by atoms with Gasteiger partial charge >= 0.3 is 5.97 Å². The van der Waals surface area contributed by atoms with E-state index in [0.717, 1.165) is 10.5 Å². The summed E-state index contributed by atoms with van der Waals surface area (Å²) in [6.07, 6.45) is 5.37. The molecule has 0 atom stereocenters. The molecular weight excluding hydrogens is 378 g/mol. The molecule has 0 aliphatic carbocycles. The zero-order valence-corrected chi connectivity index (χ0v) is 16.4. The number of morpholine rings is 1. The number of methoxy groups -OCH3 is 1. The zero-order chi connectivity index (χ0) is 19.5. The van der Waals surface area contributed by atoms with E-state index in [1.807, 2.05) is 18.4 Å². The fourth-order valence-corrected chi connectivity index (χ4v) is 3.62. The van der Waals surface area contributed by atoms with E-state index in [1.54, 1.807) is 18.5 Å². The lowest BCUT2D eigenvalue weighted by Gasteiger charge is -2.28. The van der Waals surface area contributed by atoms with E-state index in [2.05, 4.69) is 14.9 Å². The number of esters is 1. The van der Waals surface area contributed by atoms with Crippen molar-refractivity contribution in [3.8, 4) is 11.4 Å². The number of hydrogen-bond acceptors (Lipinski definition) is 9. The number of thioether (sulfide) groups is 1. The van der Waals surface area contributed by atoms with Crippen LogP contribution in [0.4, 0.5) is 5.82 Å². The van der Waals surface area contributed by atoms with Gasteiger partial charge in [-0.2, -0.15) is 0 Å². The van der Waals surface area contributed by atoms with Crippen LogP contribution in [0.15, 0.2) is 35.5 Å². The molecule has 0 bridgehead atoms. The summed E-state index contributed by atoms with van der Waals surface area (Å²) >= 11 is 1.51. The number of fused-ring (bicyclic) bond motifs is 1. The highest BCUT2D eigenvalue weighted by atomic mass is 32.2. The molecule has 0 amide bonds. The SMILES string of the molecule is COC(=O)c1cc(SC)c2nc(-c3ccncc3)nc(N3CCOCC3)c2n1. The molecule has 8 nitrogen and oxygen atoms in total. The molecule has 3 aromatic heterocycles. The number of pyridine rings is 2. The average molecular weight is 397 g/mol. The second kappa shape index (κ2) is 8.07. The standard InChI is InChI=1S/C19H19N5O3S/c1-26-19(25)13-11-14(28-2)15-16(21-13)18(24-7-9-27-10-8-24)23-17(22-15)12-3-5-20-6-4-12/h3-6,11H,7-10H2,1-2H3. The number of rotatable bonds is 4. The van der Waals surface area contributed by atoms with Crippen molar-refractivity contribution < 1.29 is 14.3 Å². The van der Waals surface area contributed by atoms with Crippen LogP contribution in [-0.2, 0) is 9.47 Å². The predicted octanol–water partition coefficient (Wildman–Crippen LogP) is 2.43. The van der Waals surface area contributed by atoms with Crippen molar-refractivity contribution >= 4 is 34.6 Å². The second-order valence-electron chi connectivity index (χ2n) is 6.10. The minimum Gasteiger partial charge on any atom is -0.464 e. The van der Waals surface area contributed by atoms with Gasteiger partial charge in [0.15, 0.2) is 11.6 Å². The minimum atomic E-state index is -0.483. The predicted molar refractivity (Wildman–Crippen MR) is 107 cm³/mol. The van der Waals surface area contributed by atoms with E-state index in [9.17, 15) is 4.79 Å². The Balaban J connectivity index is 1.98. The summed E-state index contributed by atoms with van der Waals surface area (Å²) in [4.78, 5) is 33.3. The Kier molecular flexibility index (Phi) is 5.36. The molecule has 9 heteroatoms. The van der Waals surface area contributed by atoms with Crippen molar-refractivity contribution in [1.29, 1.82) is 0 Å². The fourth-order valence-electron chi connectivity index (χ4n) is 3.05. The van der Waals surface area contributed by atoms with Gasteiger partial charge in [0.2, 0.25) is 0 Å². The molecule has 0 radical (unpaired) electrons. The van der Waals surface area contributed by atoms with Crippen LogP contribution in [0.1, 0.15) is 10.5 Å². The summed E-state index contributed by atoms with van der Waals surface area (Å²) in [7, 11) is 1.35. The third-order valence-corrected chi connectivity index (χ3v) is 5.21. The van der Waals surface area contributed by atoms with Crippen LogP contribution < -0.4 is 4.90 Å². The molecule has 4 heterocycles. The van der Waals surface area contributed by atoms with E-state index < -0.39 is 5.97 Å². The molecule has 1 fully saturated rings. The Hall–Kier alpha value is -2.78. The molecule has 0 aromatic carbocycles. The van der Waals surface area contributed by atoms with Crippen molar-refractivity contribution in [3.05, 3.63) is 36.3 Å². The molecule has 144 valence electrons. The van der Waals surface area contributed by atoms with Gasteiger partial charge in [-0.3, -0.25) is 4.98 Å². The Morgan fingerprint density at radius 2 is 1.89 bits per heavy atom. The van der Waals surface area contributed by atoms with Crippen LogP contribution in [0.2, 0.25) is 0 Å². The Bertz CT molecular complexity index is 1010. The van der Waals surface area contributed by atoms with Crippen LogP contribution >= 0.6 is 11.8 Å². The third-order valence-electron chi connectivity index (χ3n) is 4.46. The summed E-state index contributed by atoms with van der Waals surface area (Å²) in [6.45, 7) is 2.62. The van der Waals surface area contributed by atoms with E-state index in [0.29, 0.717) is 49.0 Å². The lowest BCUT2D eigenvalue weighted by Crippen LogP contribution is -2.37. The quantitative estimate of drug-likeness (QED) is 0.486. The fraction of sp³-hybridized carbons (Fsp3) is 0.316. The maximum atomic E-state index is 12.1. The number of ether oxygens (including phenoxy) is 2. The van der Waals surface area contributed by atoms with Gasteiger partial charge in [0.05, 0.1) is 20.3 Å². The van der Waals surface area contributed by atoms with Gasteiger partial charge in [0.25, 0.3) is 0 Å². The lowest BCUT2D eigenvalue weighted by molar-refractivity contribution is 0.0594. The van der Waals surface area contributed by atoms with Gasteiger partial charge in [-0.25, -0.2) is 19.7 Å². The van der Waals surface area contributed by atoms with Crippen LogP contribution in [0.5, 0.6) is 0 Å². The van der Waals surface area contributed by atoms with Crippen molar-refractivity contribution in [1.82, 2.24) is 19.9 Å². The van der Waals surface area contributed by atoms with Crippen LogP contribution in [0.25, 0.3) is 22.4 Å². The average Bonchev–Trinajstić information content (AvgIpc) is 2.78. The van der Waals surface area contributed by atoms with Gasteiger partial charge in [-0.15, -0.1) is 11.8 Å². The maximum Gasteiger partial charge on any atom is 0.356 e. The van der Waals surface area contributed by atoms with Gasteiger partial charge in [-0.1, -0.05) is 0 Å². The molecule has 0 N–H and O–H groups in total. The van der Waals surface area contributed by atoms with Gasteiger partial charge < -0.3 is 14.4 Å². The first kappa shape index (κ1) is 18.6. The van der Waals surface area contributed by atoms with E-state index in [4.69, 9.17) is 19.4 Å². The highest BCUT2D eigenvalue weighted by molar-refractivity contribution is 7.98. The molecular formula is C19H19N5O3S. The summed E-state index contributed by atoms with van der Waals surface area (Å²) in [6, 6.07) is 5.46. The van der Waals surface area contributed by atoms with E-state index >= 15 is 0 Å². The van der Waals surface area contributed by atoms with Crippen molar-refractivity contribution in [3.63, 3.8) is 0 Å². The summed E-state index contributed by atoms with van der Waals surface area (Å²) in [5.41, 5.74) is 2.42. The Morgan fingerprint density at radius 3 is 2.57 bits per heavy atom. The largest absolute Gasteiger partial charge is 0.464 e. The highest BCUT2D eigenvalue weighted by Crippen LogP contribution is 2.32. The third kappa shape index (κ3) is 3.50. The molecule has 1 aliphatic heterocycles. The monoisotopic (exact) mass is 397 g/mol. The number of carbonyl (C=O) groups excluding carboxylic acids is 1. The molecule has 0 unspecified atom stereocenters. The minimum absolute atomic E-state index is 0.245. The van der Waals surface area contributed by atoms with E-state index in [1.165, 1.54) is 18.9 Å². The van der Waals surface area contributed by atoms with E-state index in [-0.39, 0.29) is 5.69 Å². The normalized spacial score (nSPS) is 14.3. The Labute approximate surface area is 166 Å². The van der Waals surface area contributed by atoms with Crippen LogP contribution in [-0.4, -0.2) is 65.6 Å². The number of anilines is 1. The van der Waals surface area contributed by atoms with Gasteiger partial charge in [0.1, 0.15) is 16.7 Å². The molecule has 3 aromatic rings. The number of hydrogen-bond donors (Lipinski definition) is 0. The lowest BCUT2D eigenvalue weighted by atomic mass is 10.2. The molecule has 0 spiro atoms. The van der Waals surface area contributed by atoms with Crippen molar-refractivity contribution in [2.75, 3.05) is 44.6 Å². The van der Waals surface area contributed by atoms with Crippen LogP contribution in [0.3, 0.4) is 0 Å². The number of carbonyl (C=O) groups is 1. The van der Waals surface area contributed by atoms with Crippen molar-refractivity contribution in [2.45, 2.75) is 4.90 Å². The molecule has 1 aliphatic rings. The first-order valence-corrected chi connectivity index (χ1v) is 10.0. The summed E-state index contributed by atoms with van der Waals surface area (Å²) < 4.78 is 10.4. The summed E-state index contributed by atoms with van der Waals surface area (Å²) in [5, 5.41) is 0. The molecule has 1 saturated heterocycles. The number of aromatic nitrogens is 4. The topological polar surface area (TPSA) is 90.3 Å². The molecule has 28 heavy (non-hydrogen) atoms. The van der Waals surface area contributed by atoms with Crippen molar-refractivity contribution in [2.24, 2.45) is 0 Å². The Morgan fingerprint density at radius 1 is 1.14 bits per heavy atom. The molecule has 4 rings (SSSR count).